The van der Waals surface area contributed by atoms with E-state index in [1.54, 1.807) is 9.13 Å². The van der Waals surface area contributed by atoms with E-state index in [2.05, 4.69) is 15.9 Å². The van der Waals surface area contributed by atoms with Crippen LogP contribution in [0.15, 0.2) is 64.0 Å². The van der Waals surface area contributed by atoms with Crippen molar-refractivity contribution in [1.82, 2.24) is 9.13 Å². The Bertz CT molecular complexity index is 1220. The first kappa shape index (κ1) is 22.1. The summed E-state index contributed by atoms with van der Waals surface area (Å²) in [5.74, 6) is 0.500. The minimum Gasteiger partial charge on any atom is -0.320 e. The Labute approximate surface area is 185 Å². The van der Waals surface area contributed by atoms with Crippen LogP contribution in [0, 0.1) is 5.92 Å². The molecule has 164 valence electrons. The second-order valence-electron chi connectivity index (χ2n) is 7.74. The molecular weight excluding hydrogens is 493 g/mol. The molecule has 0 saturated heterocycles. The monoisotopic (exact) mass is 512 g/mol. The summed E-state index contributed by atoms with van der Waals surface area (Å²) in [6, 6.07) is 13.1. The third kappa shape index (κ3) is 4.46. The van der Waals surface area contributed by atoms with E-state index in [1.165, 1.54) is 12.1 Å². The molecule has 0 spiro atoms. The molecule has 1 fully saturated rings. The molecule has 1 aliphatic carbocycles. The minimum atomic E-state index is -5.68. The van der Waals surface area contributed by atoms with Gasteiger partial charge in [0.15, 0.2) is 0 Å². The SMILES string of the molecule is O=c1n(CC2CC2)cc(-c2ccccc2)n1Cc1ccc(C(F)(F)P(=O)(O)O)c(Br)c1. The lowest BCUT2D eigenvalue weighted by atomic mass is 10.1. The van der Waals surface area contributed by atoms with Gasteiger partial charge in [-0.25, -0.2) is 4.79 Å². The van der Waals surface area contributed by atoms with Crippen molar-refractivity contribution in [3.8, 4) is 11.3 Å². The van der Waals surface area contributed by atoms with Gasteiger partial charge in [-0.05, 0) is 36.0 Å². The van der Waals surface area contributed by atoms with Gasteiger partial charge in [-0.2, -0.15) is 8.78 Å². The Morgan fingerprint density at radius 3 is 2.39 bits per heavy atom. The van der Waals surface area contributed by atoms with Crippen LogP contribution in [-0.4, -0.2) is 18.9 Å². The number of halogens is 3. The number of benzene rings is 2. The van der Waals surface area contributed by atoms with Crippen molar-refractivity contribution in [2.24, 2.45) is 5.92 Å². The second kappa shape index (κ2) is 8.13. The summed E-state index contributed by atoms with van der Waals surface area (Å²) in [7, 11) is -5.68. The highest BCUT2D eigenvalue weighted by Crippen LogP contribution is 2.60. The fraction of sp³-hybridized carbons (Fsp3) is 0.286. The van der Waals surface area contributed by atoms with E-state index >= 15 is 0 Å². The van der Waals surface area contributed by atoms with Crippen LogP contribution in [-0.2, 0) is 23.3 Å². The lowest BCUT2D eigenvalue weighted by Crippen LogP contribution is -2.25. The summed E-state index contributed by atoms with van der Waals surface area (Å²) in [6.07, 6.45) is 4.02. The smallest absolute Gasteiger partial charge is 0.320 e. The maximum atomic E-state index is 14.1. The van der Waals surface area contributed by atoms with Crippen molar-refractivity contribution in [2.45, 2.75) is 31.6 Å². The van der Waals surface area contributed by atoms with Crippen LogP contribution < -0.4 is 5.69 Å². The Morgan fingerprint density at radius 1 is 1.13 bits per heavy atom. The molecule has 4 rings (SSSR count). The molecule has 1 aromatic heterocycles. The third-order valence-corrected chi connectivity index (χ3v) is 6.96. The molecule has 0 radical (unpaired) electrons. The van der Waals surface area contributed by atoms with Crippen molar-refractivity contribution < 1.29 is 23.1 Å². The Balaban J connectivity index is 1.72. The molecular formula is C21H20BrF2N2O4P. The molecule has 0 aliphatic heterocycles. The molecule has 0 amide bonds. The Hall–Kier alpha value is -2.06. The van der Waals surface area contributed by atoms with Crippen molar-refractivity contribution in [1.29, 1.82) is 0 Å². The van der Waals surface area contributed by atoms with Gasteiger partial charge in [0.25, 0.3) is 0 Å². The van der Waals surface area contributed by atoms with E-state index in [0.29, 0.717) is 23.7 Å². The summed E-state index contributed by atoms with van der Waals surface area (Å²) < 4.78 is 42.6. The van der Waals surface area contributed by atoms with E-state index < -0.39 is 18.8 Å². The van der Waals surface area contributed by atoms with Gasteiger partial charge in [-0.1, -0.05) is 58.4 Å². The predicted octanol–water partition coefficient (Wildman–Crippen LogP) is 4.76. The highest BCUT2D eigenvalue weighted by atomic mass is 79.9. The van der Waals surface area contributed by atoms with Gasteiger partial charge >= 0.3 is 18.9 Å². The third-order valence-electron chi connectivity index (χ3n) is 5.33. The first-order valence-electron chi connectivity index (χ1n) is 9.65. The van der Waals surface area contributed by atoms with Crippen molar-refractivity contribution in [3.05, 3.63) is 80.8 Å². The number of aromatic nitrogens is 2. The van der Waals surface area contributed by atoms with E-state index in [0.717, 1.165) is 24.5 Å². The number of nitrogens with zero attached hydrogens (tertiary/aromatic N) is 2. The van der Waals surface area contributed by atoms with E-state index in [-0.39, 0.29) is 16.7 Å². The van der Waals surface area contributed by atoms with Gasteiger partial charge in [0, 0.05) is 22.8 Å². The van der Waals surface area contributed by atoms with Crippen LogP contribution in [0.3, 0.4) is 0 Å². The highest BCUT2D eigenvalue weighted by molar-refractivity contribution is 9.10. The van der Waals surface area contributed by atoms with Crippen molar-refractivity contribution in [2.75, 3.05) is 0 Å². The van der Waals surface area contributed by atoms with Gasteiger partial charge in [-0.15, -0.1) is 0 Å². The lowest BCUT2D eigenvalue weighted by molar-refractivity contribution is 0.0557. The zero-order valence-electron chi connectivity index (χ0n) is 16.3. The minimum absolute atomic E-state index is 0.126. The molecule has 3 aromatic rings. The first-order valence-corrected chi connectivity index (χ1v) is 12.1. The Morgan fingerprint density at radius 2 is 1.81 bits per heavy atom. The summed E-state index contributed by atoms with van der Waals surface area (Å²) in [6.45, 7) is 0.768. The normalized spacial score (nSPS) is 14.7. The molecule has 0 unspecified atom stereocenters. The molecule has 1 heterocycles. The van der Waals surface area contributed by atoms with Gasteiger partial charge in [0.1, 0.15) is 0 Å². The molecule has 2 aromatic carbocycles. The van der Waals surface area contributed by atoms with Crippen molar-refractivity contribution in [3.63, 3.8) is 0 Å². The number of alkyl halides is 2. The average molecular weight is 513 g/mol. The summed E-state index contributed by atoms with van der Waals surface area (Å²) >= 11 is 3.00. The molecule has 0 atom stereocenters. The molecule has 1 aliphatic rings. The molecule has 2 N–H and O–H groups in total. The molecule has 1 saturated carbocycles. The molecule has 0 bridgehead atoms. The van der Waals surface area contributed by atoms with Crippen LogP contribution in [0.5, 0.6) is 0 Å². The predicted molar refractivity (Wildman–Crippen MR) is 116 cm³/mol. The maximum absolute atomic E-state index is 14.1. The number of hydrogen-bond donors (Lipinski definition) is 2. The topological polar surface area (TPSA) is 84.5 Å². The van der Waals surface area contributed by atoms with Gasteiger partial charge in [-0.3, -0.25) is 13.7 Å². The van der Waals surface area contributed by atoms with Crippen LogP contribution >= 0.6 is 23.5 Å². The van der Waals surface area contributed by atoms with E-state index in [9.17, 15) is 18.1 Å². The van der Waals surface area contributed by atoms with Crippen LogP contribution in [0.2, 0.25) is 0 Å². The Kier molecular flexibility index (Phi) is 5.81. The fourth-order valence-electron chi connectivity index (χ4n) is 3.47. The largest absolute Gasteiger partial charge is 0.399 e. The molecule has 31 heavy (non-hydrogen) atoms. The van der Waals surface area contributed by atoms with Gasteiger partial charge in [0.2, 0.25) is 0 Å². The zero-order chi connectivity index (χ0) is 22.4. The first-order chi connectivity index (χ1) is 14.6. The second-order valence-corrected chi connectivity index (χ2v) is 10.2. The highest BCUT2D eigenvalue weighted by Gasteiger charge is 2.51. The van der Waals surface area contributed by atoms with Crippen molar-refractivity contribution >= 4 is 23.5 Å². The molecule has 10 heteroatoms. The molecule has 6 nitrogen and oxygen atoms in total. The number of rotatable bonds is 7. The van der Waals surface area contributed by atoms with Gasteiger partial charge in [0.05, 0.1) is 12.2 Å². The summed E-state index contributed by atoms with van der Waals surface area (Å²) in [4.78, 5) is 31.1. The fourth-order valence-corrected chi connectivity index (χ4v) is 4.81. The summed E-state index contributed by atoms with van der Waals surface area (Å²) in [5.41, 5.74) is -3.19. The van der Waals surface area contributed by atoms with Crippen LogP contribution in [0.4, 0.5) is 8.78 Å². The zero-order valence-corrected chi connectivity index (χ0v) is 18.8. The van der Waals surface area contributed by atoms with E-state index in [1.807, 2.05) is 36.5 Å². The average Bonchev–Trinajstić information content (AvgIpc) is 3.47. The lowest BCUT2D eigenvalue weighted by Gasteiger charge is -2.19. The van der Waals surface area contributed by atoms with Gasteiger partial charge < -0.3 is 9.79 Å². The van der Waals surface area contributed by atoms with Crippen LogP contribution in [0.25, 0.3) is 11.3 Å². The number of imidazole rings is 1. The quantitative estimate of drug-likeness (QED) is 0.447. The standard InChI is InChI=1S/C21H20BrF2N2O4P/c22-18-10-15(8-9-17(18)21(23,24)31(28,29)30)12-26-19(16-4-2-1-3-5-16)13-25(20(26)27)11-14-6-7-14/h1-5,8-10,13-14H,6-7,11-12H2,(H2,28,29,30). The van der Waals surface area contributed by atoms with Crippen LogP contribution in [0.1, 0.15) is 24.0 Å². The van der Waals surface area contributed by atoms with E-state index in [4.69, 9.17) is 9.79 Å². The number of hydrogen-bond acceptors (Lipinski definition) is 2. The maximum Gasteiger partial charge on any atom is 0.399 e. The summed E-state index contributed by atoms with van der Waals surface area (Å²) in [5, 5.41) is 0.